The lowest BCUT2D eigenvalue weighted by molar-refractivity contribution is -0.139. The number of hydrogen-bond donors (Lipinski definition) is 0. The van der Waals surface area contributed by atoms with E-state index in [0.29, 0.717) is 24.8 Å². The Balaban J connectivity index is 1.33. The zero-order valence-corrected chi connectivity index (χ0v) is 21.1. The Labute approximate surface area is 207 Å². The molecule has 0 radical (unpaired) electrons. The molecule has 7 heteroatoms. The van der Waals surface area contributed by atoms with E-state index in [4.69, 9.17) is 11.6 Å². The van der Waals surface area contributed by atoms with Gasteiger partial charge in [0.25, 0.3) is 0 Å². The lowest BCUT2D eigenvalue weighted by Gasteiger charge is -2.33. The van der Waals surface area contributed by atoms with Crippen molar-refractivity contribution in [3.8, 4) is 0 Å². The van der Waals surface area contributed by atoms with Gasteiger partial charge in [0.1, 0.15) is 5.15 Å². The first-order chi connectivity index (χ1) is 16.4. The largest absolute Gasteiger partial charge is 0.342 e. The van der Waals surface area contributed by atoms with E-state index in [1.165, 1.54) is 18.4 Å². The molecule has 4 rings (SSSR count). The second-order valence-electron chi connectivity index (χ2n) is 9.61. The molecule has 0 bridgehead atoms. The number of nitrogens with zero attached hydrogens (tertiary/aromatic N) is 4. The fourth-order valence-electron chi connectivity index (χ4n) is 4.88. The SMILES string of the molecule is Cc1ccc(Cn2nc(C)c(/C=C/C(=O)N3CCC(C(=O)N4CCCCCC4)CC3)c2Cl)cc1. The van der Waals surface area contributed by atoms with Gasteiger partial charge < -0.3 is 9.80 Å². The van der Waals surface area contributed by atoms with E-state index >= 15 is 0 Å². The average molecular weight is 483 g/mol. The van der Waals surface area contributed by atoms with Crippen LogP contribution in [0.2, 0.25) is 5.15 Å². The van der Waals surface area contributed by atoms with Crippen LogP contribution in [0.4, 0.5) is 0 Å². The molecular weight excluding hydrogens is 448 g/mol. The molecule has 6 nitrogen and oxygen atoms in total. The molecule has 34 heavy (non-hydrogen) atoms. The lowest BCUT2D eigenvalue weighted by Crippen LogP contribution is -2.44. The molecule has 0 saturated carbocycles. The first kappa shape index (κ1) is 24.5. The van der Waals surface area contributed by atoms with Crippen LogP contribution in [0.1, 0.15) is 60.9 Å². The molecule has 182 valence electrons. The van der Waals surface area contributed by atoms with Gasteiger partial charge in [-0.25, -0.2) is 4.68 Å². The maximum atomic E-state index is 12.9. The summed E-state index contributed by atoms with van der Waals surface area (Å²) in [5.74, 6) is 0.290. The zero-order chi connectivity index (χ0) is 24.1. The number of aromatic nitrogens is 2. The number of benzene rings is 1. The highest BCUT2D eigenvalue weighted by Gasteiger charge is 2.30. The molecule has 0 unspecified atom stereocenters. The van der Waals surface area contributed by atoms with E-state index in [1.807, 2.05) is 16.7 Å². The third-order valence-corrected chi connectivity index (χ3v) is 7.43. The van der Waals surface area contributed by atoms with Crippen LogP contribution >= 0.6 is 11.6 Å². The Morgan fingerprint density at radius 1 is 0.971 bits per heavy atom. The third-order valence-electron chi connectivity index (χ3n) is 7.03. The number of halogens is 1. The summed E-state index contributed by atoms with van der Waals surface area (Å²) in [6.07, 6.45) is 9.49. The molecule has 1 aromatic carbocycles. The van der Waals surface area contributed by atoms with Gasteiger partial charge in [0, 0.05) is 43.7 Å². The van der Waals surface area contributed by atoms with E-state index in [0.717, 1.165) is 55.6 Å². The van der Waals surface area contributed by atoms with E-state index in [-0.39, 0.29) is 17.7 Å². The van der Waals surface area contributed by atoms with Gasteiger partial charge in [-0.3, -0.25) is 9.59 Å². The second-order valence-corrected chi connectivity index (χ2v) is 9.96. The number of carbonyl (C=O) groups is 2. The van der Waals surface area contributed by atoms with Crippen LogP contribution < -0.4 is 0 Å². The van der Waals surface area contributed by atoms with Crippen molar-refractivity contribution >= 4 is 29.5 Å². The normalized spacial score (nSPS) is 17.9. The monoisotopic (exact) mass is 482 g/mol. The number of amides is 2. The van der Waals surface area contributed by atoms with Crippen molar-refractivity contribution < 1.29 is 9.59 Å². The first-order valence-corrected chi connectivity index (χ1v) is 12.8. The standard InChI is InChI=1S/C27H35ClN4O2/c1-20-7-9-22(10-8-20)19-32-26(28)24(21(2)29-32)11-12-25(33)30-17-13-23(14-18-30)27(34)31-15-5-3-4-6-16-31/h7-12,23H,3-6,13-19H2,1-2H3/b12-11+. The molecule has 1 aromatic heterocycles. The molecule has 0 spiro atoms. The van der Waals surface area contributed by atoms with Crippen molar-refractivity contribution in [2.24, 2.45) is 5.92 Å². The summed E-state index contributed by atoms with van der Waals surface area (Å²) in [6, 6.07) is 8.29. The number of aryl methyl sites for hydroxylation is 2. The van der Waals surface area contributed by atoms with E-state index in [9.17, 15) is 9.59 Å². The minimum Gasteiger partial charge on any atom is -0.342 e. The molecule has 2 amide bonds. The van der Waals surface area contributed by atoms with Gasteiger partial charge >= 0.3 is 0 Å². The van der Waals surface area contributed by atoms with E-state index in [2.05, 4.69) is 36.3 Å². The first-order valence-electron chi connectivity index (χ1n) is 12.5. The number of piperidine rings is 1. The molecule has 3 heterocycles. The third kappa shape index (κ3) is 5.90. The molecular formula is C27H35ClN4O2. The minimum absolute atomic E-state index is 0.0394. The molecule has 2 aromatic rings. The Hall–Kier alpha value is -2.60. The number of hydrogen-bond acceptors (Lipinski definition) is 3. The highest BCUT2D eigenvalue weighted by Crippen LogP contribution is 2.24. The van der Waals surface area contributed by atoms with Gasteiger partial charge in [0.15, 0.2) is 0 Å². The van der Waals surface area contributed by atoms with Gasteiger partial charge in [-0.1, -0.05) is 54.3 Å². The molecule has 2 saturated heterocycles. The van der Waals surface area contributed by atoms with Crippen molar-refractivity contribution in [3.05, 3.63) is 57.9 Å². The Kier molecular flexibility index (Phi) is 8.09. The number of likely N-dealkylation sites (tertiary alicyclic amines) is 2. The summed E-state index contributed by atoms with van der Waals surface area (Å²) in [6.45, 7) is 7.56. The number of carbonyl (C=O) groups excluding carboxylic acids is 2. The van der Waals surface area contributed by atoms with Gasteiger partial charge in [0.05, 0.1) is 12.2 Å². The number of rotatable bonds is 5. The van der Waals surface area contributed by atoms with Crippen LogP contribution in [0.3, 0.4) is 0 Å². The van der Waals surface area contributed by atoms with Crippen molar-refractivity contribution in [2.45, 2.75) is 58.9 Å². The van der Waals surface area contributed by atoms with E-state index < -0.39 is 0 Å². The highest BCUT2D eigenvalue weighted by atomic mass is 35.5. The summed E-state index contributed by atoms with van der Waals surface area (Å²) in [4.78, 5) is 29.6. The maximum Gasteiger partial charge on any atom is 0.246 e. The van der Waals surface area contributed by atoms with Crippen LogP contribution in [0.5, 0.6) is 0 Å². The Morgan fingerprint density at radius 3 is 2.26 bits per heavy atom. The fourth-order valence-corrected chi connectivity index (χ4v) is 5.18. The molecule has 0 atom stereocenters. The molecule has 0 aliphatic carbocycles. The summed E-state index contributed by atoms with van der Waals surface area (Å²) in [7, 11) is 0. The predicted molar refractivity (Wildman–Crippen MR) is 136 cm³/mol. The van der Waals surface area contributed by atoms with Gasteiger partial charge in [0.2, 0.25) is 11.8 Å². The highest BCUT2D eigenvalue weighted by molar-refractivity contribution is 6.31. The van der Waals surface area contributed by atoms with Crippen molar-refractivity contribution in [2.75, 3.05) is 26.2 Å². The van der Waals surface area contributed by atoms with Crippen molar-refractivity contribution in [1.82, 2.24) is 19.6 Å². The average Bonchev–Trinajstić information content (AvgIpc) is 3.02. The fraction of sp³-hybridized carbons (Fsp3) is 0.519. The smallest absolute Gasteiger partial charge is 0.246 e. The maximum absolute atomic E-state index is 12.9. The lowest BCUT2D eigenvalue weighted by atomic mass is 9.95. The predicted octanol–water partition coefficient (Wildman–Crippen LogP) is 4.86. The zero-order valence-electron chi connectivity index (χ0n) is 20.3. The van der Waals surface area contributed by atoms with Crippen LogP contribution in [0, 0.1) is 19.8 Å². The summed E-state index contributed by atoms with van der Waals surface area (Å²) in [5.41, 5.74) is 3.90. The second kappa shape index (κ2) is 11.2. The Bertz CT molecular complexity index is 1030. The summed E-state index contributed by atoms with van der Waals surface area (Å²) >= 11 is 6.60. The summed E-state index contributed by atoms with van der Waals surface area (Å²) in [5, 5.41) is 5.10. The minimum atomic E-state index is -0.0394. The Morgan fingerprint density at radius 2 is 1.62 bits per heavy atom. The van der Waals surface area contributed by atoms with Gasteiger partial charge in [-0.2, -0.15) is 5.10 Å². The van der Waals surface area contributed by atoms with Crippen LogP contribution in [0.15, 0.2) is 30.3 Å². The molecule has 2 aliphatic rings. The summed E-state index contributed by atoms with van der Waals surface area (Å²) < 4.78 is 1.77. The quantitative estimate of drug-likeness (QED) is 0.572. The molecule has 2 fully saturated rings. The van der Waals surface area contributed by atoms with Gasteiger partial charge in [-0.05, 0) is 51.2 Å². The van der Waals surface area contributed by atoms with E-state index in [1.54, 1.807) is 16.8 Å². The molecule has 2 aliphatic heterocycles. The topological polar surface area (TPSA) is 58.4 Å². The van der Waals surface area contributed by atoms with Crippen LogP contribution in [0.25, 0.3) is 6.08 Å². The van der Waals surface area contributed by atoms with Gasteiger partial charge in [-0.15, -0.1) is 0 Å². The molecule has 0 N–H and O–H groups in total. The van der Waals surface area contributed by atoms with Crippen molar-refractivity contribution in [1.29, 1.82) is 0 Å². The van der Waals surface area contributed by atoms with Crippen LogP contribution in [-0.4, -0.2) is 57.6 Å². The van der Waals surface area contributed by atoms with Crippen molar-refractivity contribution in [3.63, 3.8) is 0 Å². The van der Waals surface area contributed by atoms with Crippen LogP contribution in [-0.2, 0) is 16.1 Å².